The maximum absolute atomic E-state index is 13.0. The van der Waals surface area contributed by atoms with Crippen molar-refractivity contribution in [1.82, 2.24) is 0 Å². The van der Waals surface area contributed by atoms with Crippen LogP contribution in [0.5, 0.6) is 5.75 Å². The molecule has 2 aliphatic carbocycles. The summed E-state index contributed by atoms with van der Waals surface area (Å²) in [6.07, 6.45) is 10.2. The number of hydrogen-bond donors (Lipinski definition) is 0. The van der Waals surface area contributed by atoms with Crippen LogP contribution in [0.25, 0.3) is 0 Å². The molecule has 0 aromatic heterocycles. The van der Waals surface area contributed by atoms with Crippen LogP contribution in [0.2, 0.25) is 0 Å². The molecule has 1 aromatic rings. The summed E-state index contributed by atoms with van der Waals surface area (Å²) in [5.74, 6) is 2.17. The smallest absolute Gasteiger partial charge is 0.338 e. The lowest BCUT2D eigenvalue weighted by molar-refractivity contribution is -0.00861. The molecule has 2 saturated heterocycles. The highest BCUT2D eigenvalue weighted by molar-refractivity contribution is 5.93. The molecule has 2 atom stereocenters. The number of aryl methyl sites for hydroxylation is 2. The van der Waals surface area contributed by atoms with E-state index in [1.807, 2.05) is 26.0 Å². The summed E-state index contributed by atoms with van der Waals surface area (Å²) in [5.41, 5.74) is 2.50. The summed E-state index contributed by atoms with van der Waals surface area (Å²) in [4.78, 5) is 13.0. The minimum atomic E-state index is -0.192. The van der Waals surface area contributed by atoms with Gasteiger partial charge in [-0.25, -0.2) is 4.79 Å². The first-order valence-electron chi connectivity index (χ1n) is 12.8. The molecule has 2 saturated carbocycles. The largest absolute Gasteiger partial charge is 0.491 e. The number of epoxide rings is 2. The highest BCUT2D eigenvalue weighted by Crippen LogP contribution is 2.40. The first-order chi connectivity index (χ1) is 16.0. The van der Waals surface area contributed by atoms with Gasteiger partial charge in [0.1, 0.15) is 30.7 Å². The van der Waals surface area contributed by atoms with E-state index in [4.69, 9.17) is 23.7 Å². The van der Waals surface area contributed by atoms with E-state index < -0.39 is 0 Å². The van der Waals surface area contributed by atoms with Gasteiger partial charge in [-0.15, -0.1) is 0 Å². The van der Waals surface area contributed by atoms with E-state index in [9.17, 15) is 4.79 Å². The minimum absolute atomic E-state index is 0.0358. The molecule has 182 valence electrons. The van der Waals surface area contributed by atoms with E-state index in [1.165, 1.54) is 25.7 Å². The van der Waals surface area contributed by atoms with Crippen LogP contribution in [-0.4, -0.2) is 56.8 Å². The molecular weight excluding hydrogens is 420 g/mol. The fourth-order valence-corrected chi connectivity index (χ4v) is 5.71. The summed E-state index contributed by atoms with van der Waals surface area (Å²) in [6.45, 7) is 6.90. The highest BCUT2D eigenvalue weighted by atomic mass is 16.6. The van der Waals surface area contributed by atoms with Gasteiger partial charge in [0.25, 0.3) is 0 Å². The van der Waals surface area contributed by atoms with Gasteiger partial charge < -0.3 is 23.7 Å². The first-order valence-corrected chi connectivity index (χ1v) is 12.8. The van der Waals surface area contributed by atoms with Gasteiger partial charge in [0, 0.05) is 0 Å². The lowest BCUT2D eigenvalue weighted by Crippen LogP contribution is -2.31. The van der Waals surface area contributed by atoms with E-state index in [0.717, 1.165) is 74.2 Å². The predicted molar refractivity (Wildman–Crippen MR) is 124 cm³/mol. The van der Waals surface area contributed by atoms with Crippen molar-refractivity contribution in [2.45, 2.75) is 89.6 Å². The Kier molecular flexibility index (Phi) is 7.24. The molecule has 0 bridgehead atoms. The van der Waals surface area contributed by atoms with E-state index >= 15 is 0 Å². The predicted octanol–water partition coefficient (Wildman–Crippen LogP) is 4.77. The zero-order chi connectivity index (χ0) is 22.8. The average Bonchev–Trinajstić information content (AvgIpc) is 3.72. The normalized spacial score (nSPS) is 33.4. The van der Waals surface area contributed by atoms with Crippen molar-refractivity contribution < 1.29 is 28.5 Å². The average molecular weight is 459 g/mol. The van der Waals surface area contributed by atoms with Gasteiger partial charge >= 0.3 is 5.97 Å². The molecule has 1 aromatic carbocycles. The van der Waals surface area contributed by atoms with Gasteiger partial charge in [0.05, 0.1) is 31.5 Å². The van der Waals surface area contributed by atoms with Gasteiger partial charge in [-0.05, 0) is 100 Å². The lowest BCUT2D eigenvalue weighted by atomic mass is 9.72. The van der Waals surface area contributed by atoms with Crippen LogP contribution >= 0.6 is 0 Å². The Balaban J connectivity index is 1.06. The Morgan fingerprint density at radius 3 is 1.88 bits per heavy atom. The van der Waals surface area contributed by atoms with Crippen LogP contribution in [0.4, 0.5) is 0 Å². The van der Waals surface area contributed by atoms with Crippen molar-refractivity contribution >= 4 is 5.97 Å². The minimum Gasteiger partial charge on any atom is -0.491 e. The number of benzene rings is 1. The standard InChI is InChI=1S/C27H38O6/c1-17-11-23(30-14-25-16-32-25)12-18(2)26(17)27(28)33-22-9-5-20(6-10-22)19-3-7-21(8-4-19)29-13-24-15-31-24/h11-12,19-22,24-25H,3-10,13-16H2,1-2H3. The first kappa shape index (κ1) is 23.1. The van der Waals surface area contributed by atoms with E-state index in [1.54, 1.807) is 0 Å². The van der Waals surface area contributed by atoms with Crippen molar-refractivity contribution in [3.8, 4) is 5.75 Å². The van der Waals surface area contributed by atoms with Gasteiger partial charge in [0.2, 0.25) is 0 Å². The van der Waals surface area contributed by atoms with Crippen LogP contribution in [0.15, 0.2) is 12.1 Å². The van der Waals surface area contributed by atoms with Gasteiger partial charge in [0.15, 0.2) is 0 Å². The lowest BCUT2D eigenvalue weighted by Gasteiger charge is -2.37. The number of esters is 1. The fourth-order valence-electron chi connectivity index (χ4n) is 5.71. The zero-order valence-electron chi connectivity index (χ0n) is 20.1. The summed E-state index contributed by atoms with van der Waals surface area (Å²) < 4.78 is 28.2. The molecule has 0 N–H and O–H groups in total. The summed E-state index contributed by atoms with van der Waals surface area (Å²) in [7, 11) is 0. The molecule has 0 amide bonds. The number of rotatable bonds is 9. The topological polar surface area (TPSA) is 69.8 Å². The Morgan fingerprint density at radius 2 is 1.33 bits per heavy atom. The van der Waals surface area contributed by atoms with E-state index in [0.29, 0.717) is 24.4 Å². The molecule has 4 aliphatic rings. The van der Waals surface area contributed by atoms with Crippen LogP contribution in [0, 0.1) is 25.7 Å². The van der Waals surface area contributed by atoms with E-state index in [2.05, 4.69) is 0 Å². The Morgan fingerprint density at radius 1 is 0.818 bits per heavy atom. The molecule has 33 heavy (non-hydrogen) atoms. The van der Waals surface area contributed by atoms with Crippen LogP contribution < -0.4 is 4.74 Å². The summed E-state index contributed by atoms with van der Waals surface area (Å²) in [6, 6.07) is 3.86. The maximum atomic E-state index is 13.0. The monoisotopic (exact) mass is 458 g/mol. The third-order valence-corrected chi connectivity index (χ3v) is 7.85. The Bertz CT molecular complexity index is 791. The number of ether oxygens (including phenoxy) is 5. The number of carbonyl (C=O) groups is 1. The van der Waals surface area contributed by atoms with Crippen LogP contribution in [-0.2, 0) is 18.9 Å². The molecule has 0 radical (unpaired) electrons. The maximum Gasteiger partial charge on any atom is 0.338 e. The highest BCUT2D eigenvalue weighted by Gasteiger charge is 2.33. The molecule has 6 nitrogen and oxygen atoms in total. The van der Waals surface area contributed by atoms with Crippen molar-refractivity contribution in [3.05, 3.63) is 28.8 Å². The molecule has 2 heterocycles. The molecule has 0 spiro atoms. The van der Waals surface area contributed by atoms with Gasteiger partial charge in [-0.3, -0.25) is 0 Å². The summed E-state index contributed by atoms with van der Waals surface area (Å²) in [5, 5.41) is 0. The Labute approximate surface area is 197 Å². The number of hydrogen-bond acceptors (Lipinski definition) is 6. The SMILES string of the molecule is Cc1cc(OCC2CO2)cc(C)c1C(=O)OC1CCC(C2CCC(OCC3CO3)CC2)CC1. The zero-order valence-corrected chi connectivity index (χ0v) is 20.1. The quantitative estimate of drug-likeness (QED) is 0.392. The molecular formula is C27H38O6. The molecule has 5 rings (SSSR count). The molecule has 6 heteroatoms. The second kappa shape index (κ2) is 10.3. The van der Waals surface area contributed by atoms with E-state index in [-0.39, 0.29) is 18.2 Å². The second-order valence-electron chi connectivity index (χ2n) is 10.5. The van der Waals surface area contributed by atoms with Gasteiger partial charge in [-0.1, -0.05) is 0 Å². The van der Waals surface area contributed by atoms with Crippen molar-refractivity contribution in [1.29, 1.82) is 0 Å². The second-order valence-corrected chi connectivity index (χ2v) is 10.5. The van der Waals surface area contributed by atoms with Gasteiger partial charge in [-0.2, -0.15) is 0 Å². The molecule has 2 unspecified atom stereocenters. The molecule has 4 fully saturated rings. The van der Waals surface area contributed by atoms with Crippen LogP contribution in [0.3, 0.4) is 0 Å². The van der Waals surface area contributed by atoms with Crippen molar-refractivity contribution in [2.24, 2.45) is 11.8 Å². The summed E-state index contributed by atoms with van der Waals surface area (Å²) >= 11 is 0. The van der Waals surface area contributed by atoms with Crippen LogP contribution in [0.1, 0.15) is 72.9 Å². The fraction of sp³-hybridized carbons (Fsp3) is 0.741. The third-order valence-electron chi connectivity index (χ3n) is 7.85. The van der Waals surface area contributed by atoms with Crippen molar-refractivity contribution in [3.63, 3.8) is 0 Å². The Hall–Kier alpha value is -1.63. The third kappa shape index (κ3) is 6.28. The number of carbonyl (C=O) groups excluding carboxylic acids is 1. The van der Waals surface area contributed by atoms with Crippen molar-refractivity contribution in [2.75, 3.05) is 26.4 Å². The molecule has 2 aliphatic heterocycles.